The van der Waals surface area contributed by atoms with E-state index in [4.69, 9.17) is 4.74 Å². The Balaban J connectivity index is 1.88. The first-order valence-corrected chi connectivity index (χ1v) is 5.60. The van der Waals surface area contributed by atoms with E-state index in [0.29, 0.717) is 13.0 Å². The van der Waals surface area contributed by atoms with E-state index in [2.05, 4.69) is 10.9 Å². The van der Waals surface area contributed by atoms with Crippen LogP contribution >= 0.6 is 0 Å². The minimum atomic E-state index is 0.542. The largest absolute Gasteiger partial charge is 0.489 e. The van der Waals surface area contributed by atoms with Gasteiger partial charge < -0.3 is 4.74 Å². The van der Waals surface area contributed by atoms with Crippen molar-refractivity contribution in [3.63, 3.8) is 0 Å². The Morgan fingerprint density at radius 2 is 1.72 bits per heavy atom. The normalized spacial score (nSPS) is 9.56. The number of rotatable bonds is 6. The standard InChI is InChI=1S/C14H14N2O2/c17-11-15-16-13-6-8-14(9-7-13)18-10-12-4-2-1-3-5-12/h1-9,11,16H,10H2,(H,15,17). The molecule has 2 rings (SSSR count). The fraction of sp³-hybridized carbons (Fsp3) is 0.0714. The second-order valence-electron chi connectivity index (χ2n) is 3.69. The number of hydrazine groups is 1. The minimum Gasteiger partial charge on any atom is -0.489 e. The number of benzene rings is 2. The zero-order chi connectivity index (χ0) is 12.6. The fourth-order valence-corrected chi connectivity index (χ4v) is 1.49. The van der Waals surface area contributed by atoms with Crippen molar-refractivity contribution in [2.24, 2.45) is 0 Å². The summed E-state index contributed by atoms with van der Waals surface area (Å²) in [5.41, 5.74) is 7.02. The van der Waals surface area contributed by atoms with Crippen LogP contribution in [0.5, 0.6) is 5.75 Å². The number of hydrogen-bond donors (Lipinski definition) is 2. The molecule has 0 aromatic heterocycles. The number of amides is 1. The number of nitrogens with one attached hydrogen (secondary N) is 2. The number of anilines is 1. The second kappa shape index (κ2) is 6.30. The molecule has 4 nitrogen and oxygen atoms in total. The molecule has 0 saturated heterocycles. The maximum absolute atomic E-state index is 10.1. The summed E-state index contributed by atoms with van der Waals surface area (Å²) in [4.78, 5) is 10.1. The molecular formula is C14H14N2O2. The molecule has 0 radical (unpaired) electrons. The molecule has 0 bridgehead atoms. The zero-order valence-electron chi connectivity index (χ0n) is 9.80. The van der Waals surface area contributed by atoms with Crippen LogP contribution in [0.3, 0.4) is 0 Å². The number of carbonyl (C=O) groups excluding carboxylic acids is 1. The third-order valence-electron chi connectivity index (χ3n) is 2.38. The molecule has 0 heterocycles. The summed E-state index contributed by atoms with van der Waals surface area (Å²) in [6.07, 6.45) is 0.583. The van der Waals surface area contributed by atoms with Crippen molar-refractivity contribution in [3.05, 3.63) is 60.2 Å². The van der Waals surface area contributed by atoms with Gasteiger partial charge in [-0.1, -0.05) is 30.3 Å². The predicted octanol–water partition coefficient (Wildman–Crippen LogP) is 2.34. The fourth-order valence-electron chi connectivity index (χ4n) is 1.49. The Hall–Kier alpha value is -2.49. The van der Waals surface area contributed by atoms with E-state index in [1.807, 2.05) is 54.6 Å². The number of ether oxygens (including phenoxy) is 1. The van der Waals surface area contributed by atoms with Crippen molar-refractivity contribution in [2.75, 3.05) is 5.43 Å². The van der Waals surface area contributed by atoms with Crippen LogP contribution in [0, 0.1) is 0 Å². The van der Waals surface area contributed by atoms with Gasteiger partial charge in [0.15, 0.2) is 0 Å². The first-order valence-electron chi connectivity index (χ1n) is 5.60. The van der Waals surface area contributed by atoms with Gasteiger partial charge in [0.05, 0.1) is 5.69 Å². The zero-order valence-corrected chi connectivity index (χ0v) is 9.80. The lowest BCUT2D eigenvalue weighted by molar-refractivity contribution is -0.109. The summed E-state index contributed by atoms with van der Waals surface area (Å²) in [7, 11) is 0. The molecule has 0 fully saturated rings. The van der Waals surface area contributed by atoms with E-state index in [1.54, 1.807) is 0 Å². The summed E-state index contributed by atoms with van der Waals surface area (Å²) in [5.74, 6) is 0.788. The van der Waals surface area contributed by atoms with Gasteiger partial charge in [0.1, 0.15) is 12.4 Å². The molecule has 0 saturated carbocycles. The highest BCUT2D eigenvalue weighted by Crippen LogP contribution is 2.16. The molecule has 0 spiro atoms. The van der Waals surface area contributed by atoms with Crippen LogP contribution < -0.4 is 15.6 Å². The Morgan fingerprint density at radius 1 is 1.00 bits per heavy atom. The van der Waals surface area contributed by atoms with Gasteiger partial charge in [0.2, 0.25) is 6.41 Å². The Bertz CT molecular complexity index is 483. The lowest BCUT2D eigenvalue weighted by Gasteiger charge is -2.08. The Labute approximate surface area is 106 Å². The molecule has 18 heavy (non-hydrogen) atoms. The van der Waals surface area contributed by atoms with Gasteiger partial charge >= 0.3 is 0 Å². The second-order valence-corrected chi connectivity index (χ2v) is 3.69. The lowest BCUT2D eigenvalue weighted by atomic mass is 10.2. The third-order valence-corrected chi connectivity index (χ3v) is 2.38. The molecule has 0 aliphatic rings. The molecule has 1 amide bonds. The van der Waals surface area contributed by atoms with Gasteiger partial charge in [-0.3, -0.25) is 15.6 Å². The van der Waals surface area contributed by atoms with Crippen molar-refractivity contribution >= 4 is 12.1 Å². The maximum Gasteiger partial charge on any atom is 0.225 e. The number of hydrogen-bond acceptors (Lipinski definition) is 3. The topological polar surface area (TPSA) is 50.4 Å². The molecule has 0 unspecified atom stereocenters. The van der Waals surface area contributed by atoms with Gasteiger partial charge in [0.25, 0.3) is 0 Å². The molecule has 0 aliphatic heterocycles. The van der Waals surface area contributed by atoms with Crippen LogP contribution in [0.2, 0.25) is 0 Å². The van der Waals surface area contributed by atoms with Crippen molar-refractivity contribution < 1.29 is 9.53 Å². The molecule has 2 N–H and O–H groups in total. The maximum atomic E-state index is 10.1. The van der Waals surface area contributed by atoms with Crippen LogP contribution in [0.1, 0.15) is 5.56 Å². The summed E-state index contributed by atoms with van der Waals surface area (Å²) in [6.45, 7) is 0.542. The summed E-state index contributed by atoms with van der Waals surface area (Å²) < 4.78 is 5.63. The Kier molecular flexibility index (Phi) is 4.19. The van der Waals surface area contributed by atoms with Gasteiger partial charge in [-0.15, -0.1) is 0 Å². The van der Waals surface area contributed by atoms with Gasteiger partial charge in [-0.25, -0.2) is 0 Å². The van der Waals surface area contributed by atoms with Crippen molar-refractivity contribution in [1.29, 1.82) is 0 Å². The van der Waals surface area contributed by atoms with E-state index < -0.39 is 0 Å². The van der Waals surface area contributed by atoms with E-state index >= 15 is 0 Å². The van der Waals surface area contributed by atoms with Gasteiger partial charge in [-0.2, -0.15) is 0 Å². The first kappa shape index (κ1) is 12.0. The van der Waals surface area contributed by atoms with Crippen LogP contribution in [0.4, 0.5) is 5.69 Å². The lowest BCUT2D eigenvalue weighted by Crippen LogP contribution is -2.18. The van der Waals surface area contributed by atoms with Crippen molar-refractivity contribution in [3.8, 4) is 5.75 Å². The predicted molar refractivity (Wildman–Crippen MR) is 70.0 cm³/mol. The highest BCUT2D eigenvalue weighted by molar-refractivity contribution is 5.53. The summed E-state index contributed by atoms with van der Waals surface area (Å²) in [6, 6.07) is 17.3. The van der Waals surface area contributed by atoms with E-state index in [0.717, 1.165) is 17.0 Å². The SMILES string of the molecule is O=CNNc1ccc(OCc2ccccc2)cc1. The highest BCUT2D eigenvalue weighted by Gasteiger charge is 1.96. The molecule has 2 aromatic rings. The van der Waals surface area contributed by atoms with Crippen LogP contribution in [-0.2, 0) is 11.4 Å². The average Bonchev–Trinajstić information content (AvgIpc) is 2.45. The van der Waals surface area contributed by atoms with Crippen LogP contribution in [0.15, 0.2) is 54.6 Å². The van der Waals surface area contributed by atoms with E-state index in [9.17, 15) is 4.79 Å². The number of carbonyl (C=O) groups is 1. The van der Waals surface area contributed by atoms with Crippen molar-refractivity contribution in [1.82, 2.24) is 5.43 Å². The van der Waals surface area contributed by atoms with E-state index in [-0.39, 0.29) is 0 Å². The molecule has 4 heteroatoms. The smallest absolute Gasteiger partial charge is 0.225 e. The summed E-state index contributed by atoms with van der Waals surface area (Å²) >= 11 is 0. The quantitative estimate of drug-likeness (QED) is 0.604. The van der Waals surface area contributed by atoms with Crippen LogP contribution in [-0.4, -0.2) is 6.41 Å². The Morgan fingerprint density at radius 3 is 2.39 bits per heavy atom. The van der Waals surface area contributed by atoms with Gasteiger partial charge in [-0.05, 0) is 29.8 Å². The van der Waals surface area contributed by atoms with E-state index in [1.165, 1.54) is 0 Å². The molecule has 0 aliphatic carbocycles. The molecule has 92 valence electrons. The molecule has 0 atom stereocenters. The third kappa shape index (κ3) is 3.52. The van der Waals surface area contributed by atoms with Crippen LogP contribution in [0.25, 0.3) is 0 Å². The first-order chi connectivity index (χ1) is 8.88. The monoisotopic (exact) mass is 242 g/mol. The molecule has 2 aromatic carbocycles. The minimum absolute atomic E-state index is 0.542. The van der Waals surface area contributed by atoms with Gasteiger partial charge in [0, 0.05) is 0 Å². The summed E-state index contributed by atoms with van der Waals surface area (Å²) in [5, 5.41) is 0. The highest BCUT2D eigenvalue weighted by atomic mass is 16.5. The molecular weight excluding hydrogens is 228 g/mol. The van der Waals surface area contributed by atoms with Crippen molar-refractivity contribution in [2.45, 2.75) is 6.61 Å². The average molecular weight is 242 g/mol.